The maximum atomic E-state index is 10.9. The molecule has 0 aliphatic carbocycles. The predicted molar refractivity (Wildman–Crippen MR) is 77.1 cm³/mol. The Balaban J connectivity index is 4.88. The van der Waals surface area contributed by atoms with E-state index in [0.29, 0.717) is 11.5 Å². The highest BCUT2D eigenvalue weighted by atomic mass is 28.2. The summed E-state index contributed by atoms with van der Waals surface area (Å²) >= 11 is 0. The summed E-state index contributed by atoms with van der Waals surface area (Å²) in [4.78, 5) is 10.9. The van der Waals surface area contributed by atoms with Crippen LogP contribution in [0.4, 0.5) is 0 Å². The molecule has 0 atom stereocenters. The summed E-state index contributed by atoms with van der Waals surface area (Å²) < 4.78 is 6.27. The Morgan fingerprint density at radius 1 is 1.06 bits per heavy atom. The van der Waals surface area contributed by atoms with Crippen molar-refractivity contribution in [3.8, 4) is 0 Å². The molecule has 0 rings (SSSR count). The van der Waals surface area contributed by atoms with Crippen LogP contribution in [-0.4, -0.2) is 21.7 Å². The summed E-state index contributed by atoms with van der Waals surface area (Å²) in [6.07, 6.45) is 3.64. The lowest BCUT2D eigenvalue weighted by Crippen LogP contribution is -2.47. The first-order valence-corrected chi connectivity index (χ1v) is 8.00. The second-order valence-corrected chi connectivity index (χ2v) is 9.42. The maximum absolute atomic E-state index is 10.9. The van der Waals surface area contributed by atoms with Crippen molar-refractivity contribution in [1.29, 1.82) is 0 Å². The number of rotatable bonds is 7. The van der Waals surface area contributed by atoms with Crippen LogP contribution >= 0.6 is 0 Å². The third-order valence-electron chi connectivity index (χ3n) is 3.97. The van der Waals surface area contributed by atoms with Gasteiger partial charge >= 0.3 is 0 Å². The molecule has 2 nitrogen and oxygen atoms in total. The van der Waals surface area contributed by atoms with Gasteiger partial charge in [-0.25, -0.2) is 0 Å². The van der Waals surface area contributed by atoms with Crippen LogP contribution in [-0.2, 0) is 9.22 Å². The molecule has 0 spiro atoms. The fraction of sp³-hybridized carbons (Fsp3) is 0.929. The molecule has 0 bridgehead atoms. The molecule has 0 radical (unpaired) electrons. The highest BCUT2D eigenvalue weighted by Crippen LogP contribution is 2.44. The highest BCUT2D eigenvalue weighted by Gasteiger charge is 2.43. The van der Waals surface area contributed by atoms with Gasteiger partial charge in [0.15, 0.2) is 9.76 Å². The first-order chi connectivity index (χ1) is 7.64. The molecule has 0 aromatic heterocycles. The predicted octanol–water partition coefficient (Wildman–Crippen LogP) is 3.48. The van der Waals surface area contributed by atoms with E-state index in [1.807, 2.05) is 0 Å². The summed E-state index contributed by atoms with van der Waals surface area (Å²) in [6.45, 7) is 15.3. The zero-order valence-electron chi connectivity index (χ0n) is 12.7. The van der Waals surface area contributed by atoms with Crippen molar-refractivity contribution in [2.75, 3.05) is 0 Å². The molecular formula is C14H30O2Si. The van der Waals surface area contributed by atoms with Crippen LogP contribution in [0.1, 0.15) is 67.7 Å². The quantitative estimate of drug-likeness (QED) is 0.516. The third-order valence-corrected chi connectivity index (χ3v) is 5.70. The molecule has 0 aliphatic rings. The molecule has 0 heterocycles. The van der Waals surface area contributed by atoms with E-state index in [1.165, 1.54) is 0 Å². The van der Waals surface area contributed by atoms with E-state index in [2.05, 4.69) is 48.5 Å². The standard InChI is InChI=1S/C14H30O2Si/c1-8-14(9-2,10-11-15)13(6,7)16-17-12(3,4)5/h11H,8-10,17H2,1-7H3. The van der Waals surface area contributed by atoms with Gasteiger partial charge in [0.1, 0.15) is 6.29 Å². The van der Waals surface area contributed by atoms with Gasteiger partial charge in [-0.3, -0.25) is 0 Å². The van der Waals surface area contributed by atoms with Crippen LogP contribution in [0.3, 0.4) is 0 Å². The van der Waals surface area contributed by atoms with Crippen molar-refractivity contribution in [3.63, 3.8) is 0 Å². The minimum atomic E-state index is -0.586. The Labute approximate surface area is 109 Å². The van der Waals surface area contributed by atoms with Crippen molar-refractivity contribution in [1.82, 2.24) is 0 Å². The Morgan fingerprint density at radius 2 is 1.53 bits per heavy atom. The molecule has 17 heavy (non-hydrogen) atoms. The zero-order valence-corrected chi connectivity index (χ0v) is 14.1. The van der Waals surface area contributed by atoms with Gasteiger partial charge in [-0.15, -0.1) is 0 Å². The Kier molecular flexibility index (Phi) is 6.09. The van der Waals surface area contributed by atoms with Gasteiger partial charge in [-0.1, -0.05) is 34.6 Å². The summed E-state index contributed by atoms with van der Waals surface area (Å²) in [5.41, 5.74) is -0.204. The van der Waals surface area contributed by atoms with E-state index in [4.69, 9.17) is 4.43 Å². The number of aldehydes is 1. The van der Waals surface area contributed by atoms with Gasteiger partial charge in [-0.2, -0.15) is 0 Å². The third kappa shape index (κ3) is 4.55. The zero-order chi connectivity index (χ0) is 13.7. The fourth-order valence-electron chi connectivity index (χ4n) is 2.35. The monoisotopic (exact) mass is 258 g/mol. The minimum absolute atomic E-state index is 0.00694. The first kappa shape index (κ1) is 16.8. The molecule has 102 valence electrons. The number of hydrogen-bond acceptors (Lipinski definition) is 2. The van der Waals surface area contributed by atoms with Crippen LogP contribution in [0.15, 0.2) is 0 Å². The second-order valence-electron chi connectivity index (χ2n) is 6.72. The molecule has 0 aromatic rings. The van der Waals surface area contributed by atoms with Gasteiger partial charge in [0.25, 0.3) is 0 Å². The average Bonchev–Trinajstić information content (AvgIpc) is 2.22. The molecule has 0 fully saturated rings. The normalized spacial score (nSPS) is 14.5. The largest absolute Gasteiger partial charge is 0.418 e. The number of hydrogen-bond donors (Lipinski definition) is 0. The van der Waals surface area contributed by atoms with Crippen molar-refractivity contribution in [3.05, 3.63) is 0 Å². The molecular weight excluding hydrogens is 228 g/mol. The van der Waals surface area contributed by atoms with E-state index in [-0.39, 0.29) is 11.0 Å². The second kappa shape index (κ2) is 6.14. The Morgan fingerprint density at radius 3 is 1.82 bits per heavy atom. The van der Waals surface area contributed by atoms with Crippen LogP contribution in [0, 0.1) is 5.41 Å². The van der Waals surface area contributed by atoms with Crippen molar-refractivity contribution in [2.45, 2.75) is 78.4 Å². The van der Waals surface area contributed by atoms with Crippen molar-refractivity contribution < 1.29 is 9.22 Å². The van der Waals surface area contributed by atoms with Crippen LogP contribution in [0.5, 0.6) is 0 Å². The van der Waals surface area contributed by atoms with Gasteiger partial charge < -0.3 is 9.22 Å². The Bertz CT molecular complexity index is 237. The molecule has 0 aliphatic heterocycles. The van der Waals surface area contributed by atoms with E-state index in [9.17, 15) is 4.79 Å². The summed E-state index contributed by atoms with van der Waals surface area (Å²) in [6, 6.07) is 0. The maximum Gasteiger partial charge on any atom is 0.167 e. The lowest BCUT2D eigenvalue weighted by molar-refractivity contribution is -0.115. The Hall–Kier alpha value is -0.153. The molecule has 0 saturated carbocycles. The van der Waals surface area contributed by atoms with Gasteiger partial charge in [0, 0.05) is 11.8 Å². The molecule has 0 aromatic carbocycles. The fourth-order valence-corrected chi connectivity index (χ4v) is 3.45. The lowest BCUT2D eigenvalue weighted by atomic mass is 9.68. The summed E-state index contributed by atoms with van der Waals surface area (Å²) in [5, 5.41) is 0.297. The average molecular weight is 258 g/mol. The van der Waals surface area contributed by atoms with Gasteiger partial charge in [0.05, 0.1) is 5.60 Å². The SMILES string of the molecule is CCC(CC)(CC=O)C(C)(C)O[SiH2]C(C)(C)C. The summed E-state index contributed by atoms with van der Waals surface area (Å²) in [5.74, 6) is 0. The molecule has 0 amide bonds. The number of carbonyl (C=O) groups excluding carboxylic acids is 1. The highest BCUT2D eigenvalue weighted by molar-refractivity contribution is 6.31. The van der Waals surface area contributed by atoms with Gasteiger partial charge in [0.2, 0.25) is 0 Å². The molecule has 3 heteroatoms. The molecule has 0 saturated heterocycles. The minimum Gasteiger partial charge on any atom is -0.418 e. The smallest absolute Gasteiger partial charge is 0.167 e. The van der Waals surface area contributed by atoms with Gasteiger partial charge in [-0.05, 0) is 31.7 Å². The van der Waals surface area contributed by atoms with E-state index < -0.39 is 9.76 Å². The van der Waals surface area contributed by atoms with E-state index in [1.54, 1.807) is 0 Å². The number of carbonyl (C=O) groups is 1. The topological polar surface area (TPSA) is 26.3 Å². The van der Waals surface area contributed by atoms with Crippen LogP contribution < -0.4 is 0 Å². The van der Waals surface area contributed by atoms with Crippen LogP contribution in [0.25, 0.3) is 0 Å². The van der Waals surface area contributed by atoms with Crippen molar-refractivity contribution >= 4 is 16.0 Å². The summed E-state index contributed by atoms with van der Waals surface area (Å²) in [7, 11) is -0.586. The first-order valence-electron chi connectivity index (χ1n) is 6.72. The lowest BCUT2D eigenvalue weighted by Gasteiger charge is -2.46. The van der Waals surface area contributed by atoms with E-state index >= 15 is 0 Å². The van der Waals surface area contributed by atoms with Crippen molar-refractivity contribution in [2.24, 2.45) is 5.41 Å². The van der Waals surface area contributed by atoms with E-state index in [0.717, 1.165) is 19.1 Å². The molecule has 0 unspecified atom stereocenters. The van der Waals surface area contributed by atoms with Crippen LogP contribution in [0.2, 0.25) is 5.04 Å². The molecule has 0 N–H and O–H groups in total.